The van der Waals surface area contributed by atoms with Crippen molar-refractivity contribution in [2.75, 3.05) is 25.0 Å². The number of alkyl halides is 3. The number of benzene rings is 2. The molecule has 2 heterocycles. The van der Waals surface area contributed by atoms with E-state index in [9.17, 15) is 26.7 Å². The van der Waals surface area contributed by atoms with Crippen molar-refractivity contribution in [3.8, 4) is 0 Å². The van der Waals surface area contributed by atoms with Gasteiger partial charge in [-0.15, -0.1) is 0 Å². The van der Waals surface area contributed by atoms with Crippen LogP contribution in [0.5, 0.6) is 0 Å². The maximum atomic E-state index is 13.3. The Hall–Kier alpha value is -2.94. The summed E-state index contributed by atoms with van der Waals surface area (Å²) in [6.45, 7) is 1.93. The van der Waals surface area contributed by atoms with Crippen LogP contribution in [-0.4, -0.2) is 41.6 Å². The lowest BCUT2D eigenvalue weighted by molar-refractivity contribution is -0.143. The first-order valence-electron chi connectivity index (χ1n) is 10.3. The molecule has 1 fully saturated rings. The number of H-pyrrole nitrogens is 1. The van der Waals surface area contributed by atoms with Gasteiger partial charge in [-0.2, -0.15) is 13.2 Å². The molecule has 0 saturated carbocycles. The van der Waals surface area contributed by atoms with Gasteiger partial charge in [-0.25, -0.2) is 8.78 Å². The molecule has 2 N–H and O–H groups in total. The molecular weight excluding hydrogens is 429 g/mol. The van der Waals surface area contributed by atoms with Gasteiger partial charge in [0.1, 0.15) is 17.3 Å². The highest BCUT2D eigenvalue weighted by Gasteiger charge is 2.36. The van der Waals surface area contributed by atoms with E-state index in [-0.39, 0.29) is 23.2 Å². The normalized spacial score (nSPS) is 18.2. The van der Waals surface area contributed by atoms with Gasteiger partial charge in [0.2, 0.25) is 0 Å². The lowest BCUT2D eigenvalue weighted by Gasteiger charge is -2.21. The number of hydrogen-bond acceptors (Lipinski definition) is 2. The lowest BCUT2D eigenvalue weighted by Crippen LogP contribution is -2.32. The molecule has 3 aromatic rings. The average Bonchev–Trinajstić information content (AvgIpc) is 3.31. The molecule has 0 radical (unpaired) electrons. The van der Waals surface area contributed by atoms with Gasteiger partial charge in [0, 0.05) is 29.2 Å². The number of likely N-dealkylation sites (tertiary alicyclic amines) is 1. The molecule has 2 atom stereocenters. The highest BCUT2D eigenvalue weighted by molar-refractivity contribution is 6.06. The van der Waals surface area contributed by atoms with Crippen LogP contribution in [0, 0.1) is 17.6 Å². The fourth-order valence-electron chi connectivity index (χ4n) is 4.32. The van der Waals surface area contributed by atoms with Crippen LogP contribution in [0.4, 0.5) is 27.6 Å². The SMILES string of the molecule is C[C@@H](c1ccc2[nH]c(C(=O)Nc3cc(F)cc(F)c3)cc2c1)[C@H]1CCN(CC(F)(F)F)C1. The summed E-state index contributed by atoms with van der Waals surface area (Å²) in [4.78, 5) is 16.9. The van der Waals surface area contributed by atoms with E-state index in [1.807, 2.05) is 25.1 Å². The fourth-order valence-corrected chi connectivity index (χ4v) is 4.32. The van der Waals surface area contributed by atoms with Gasteiger partial charge in [-0.05, 0) is 60.7 Å². The van der Waals surface area contributed by atoms with Crippen LogP contribution in [0.3, 0.4) is 0 Å². The third-order valence-corrected chi connectivity index (χ3v) is 5.95. The summed E-state index contributed by atoms with van der Waals surface area (Å²) in [6.07, 6.45) is -3.50. The van der Waals surface area contributed by atoms with E-state index < -0.39 is 30.3 Å². The number of hydrogen-bond donors (Lipinski definition) is 2. The molecule has 1 aliphatic rings. The zero-order valence-corrected chi connectivity index (χ0v) is 17.3. The van der Waals surface area contributed by atoms with Crippen molar-refractivity contribution in [1.29, 1.82) is 0 Å². The maximum absolute atomic E-state index is 13.3. The number of halogens is 5. The van der Waals surface area contributed by atoms with Gasteiger partial charge in [0.05, 0.1) is 6.54 Å². The Morgan fingerprint density at radius 3 is 2.56 bits per heavy atom. The Balaban J connectivity index is 1.47. The maximum Gasteiger partial charge on any atom is 0.401 e. The molecule has 1 aliphatic heterocycles. The number of carbonyl (C=O) groups excluding carboxylic acids is 1. The quantitative estimate of drug-likeness (QED) is 0.490. The average molecular weight is 451 g/mol. The van der Waals surface area contributed by atoms with Gasteiger partial charge in [-0.1, -0.05) is 13.0 Å². The topological polar surface area (TPSA) is 48.1 Å². The molecule has 1 amide bonds. The third kappa shape index (κ3) is 5.09. The van der Waals surface area contributed by atoms with Crippen molar-refractivity contribution in [1.82, 2.24) is 9.88 Å². The van der Waals surface area contributed by atoms with Crippen molar-refractivity contribution < 1.29 is 26.7 Å². The molecule has 4 nitrogen and oxygen atoms in total. The monoisotopic (exact) mass is 451 g/mol. The van der Waals surface area contributed by atoms with Gasteiger partial charge >= 0.3 is 6.18 Å². The van der Waals surface area contributed by atoms with Crippen LogP contribution in [0.2, 0.25) is 0 Å². The molecule has 0 bridgehead atoms. The largest absolute Gasteiger partial charge is 0.401 e. The first-order chi connectivity index (χ1) is 15.1. The summed E-state index contributed by atoms with van der Waals surface area (Å²) in [5.41, 5.74) is 1.92. The van der Waals surface area contributed by atoms with Crippen molar-refractivity contribution in [3.63, 3.8) is 0 Å². The molecule has 0 unspecified atom stereocenters. The second-order valence-corrected chi connectivity index (χ2v) is 8.33. The smallest absolute Gasteiger partial charge is 0.351 e. The molecule has 1 saturated heterocycles. The number of rotatable bonds is 5. The fraction of sp³-hybridized carbons (Fsp3) is 0.348. The van der Waals surface area contributed by atoms with Crippen molar-refractivity contribution in [2.24, 2.45) is 5.92 Å². The Kier molecular flexibility index (Phi) is 5.94. The predicted octanol–water partition coefficient (Wildman–Crippen LogP) is 5.69. The highest BCUT2D eigenvalue weighted by atomic mass is 19.4. The van der Waals surface area contributed by atoms with Crippen LogP contribution >= 0.6 is 0 Å². The summed E-state index contributed by atoms with van der Waals surface area (Å²) in [7, 11) is 0. The molecular formula is C23H22F5N3O. The minimum absolute atomic E-state index is 0.00473. The van der Waals surface area contributed by atoms with Crippen molar-refractivity contribution in [2.45, 2.75) is 25.4 Å². The number of aromatic nitrogens is 1. The predicted molar refractivity (Wildman–Crippen MR) is 112 cm³/mol. The molecule has 170 valence electrons. The van der Waals surface area contributed by atoms with Gasteiger partial charge < -0.3 is 10.3 Å². The zero-order valence-electron chi connectivity index (χ0n) is 17.3. The van der Waals surface area contributed by atoms with E-state index in [0.717, 1.165) is 23.1 Å². The Bertz CT molecular complexity index is 1120. The third-order valence-electron chi connectivity index (χ3n) is 5.95. The number of aromatic amines is 1. The second-order valence-electron chi connectivity index (χ2n) is 8.33. The van der Waals surface area contributed by atoms with E-state index in [0.29, 0.717) is 31.1 Å². The first kappa shape index (κ1) is 22.3. The van der Waals surface area contributed by atoms with Crippen molar-refractivity contribution >= 4 is 22.5 Å². The van der Waals surface area contributed by atoms with E-state index in [1.54, 1.807) is 6.07 Å². The summed E-state index contributed by atoms with van der Waals surface area (Å²) < 4.78 is 64.7. The van der Waals surface area contributed by atoms with E-state index in [2.05, 4.69) is 10.3 Å². The van der Waals surface area contributed by atoms with Gasteiger partial charge in [0.25, 0.3) is 5.91 Å². The van der Waals surface area contributed by atoms with Crippen LogP contribution in [0.1, 0.15) is 35.3 Å². The Labute approximate surface area is 181 Å². The van der Waals surface area contributed by atoms with Crippen LogP contribution in [0.15, 0.2) is 42.5 Å². The van der Waals surface area contributed by atoms with Crippen LogP contribution < -0.4 is 5.32 Å². The number of amides is 1. The molecule has 32 heavy (non-hydrogen) atoms. The van der Waals surface area contributed by atoms with Crippen LogP contribution in [-0.2, 0) is 0 Å². The minimum atomic E-state index is -4.20. The molecule has 4 rings (SSSR count). The van der Waals surface area contributed by atoms with E-state index in [1.165, 1.54) is 4.90 Å². The number of anilines is 1. The standard InChI is InChI=1S/C23H22F5N3O/c1-13(15-4-5-31(11-15)12-23(26,27)28)14-2-3-20-16(6-14)7-21(30-20)22(32)29-19-9-17(24)8-18(25)10-19/h2-3,6-10,13,15,30H,4-5,11-12H2,1H3,(H,29,32)/t13-,15-/m0/s1. The molecule has 1 aromatic heterocycles. The highest BCUT2D eigenvalue weighted by Crippen LogP contribution is 2.34. The zero-order chi connectivity index (χ0) is 23.0. The lowest BCUT2D eigenvalue weighted by atomic mass is 9.86. The van der Waals surface area contributed by atoms with Crippen LogP contribution in [0.25, 0.3) is 10.9 Å². The molecule has 9 heteroatoms. The summed E-state index contributed by atoms with van der Waals surface area (Å²) >= 11 is 0. The number of carbonyl (C=O) groups is 1. The first-order valence-corrected chi connectivity index (χ1v) is 10.3. The summed E-state index contributed by atoms with van der Waals surface area (Å²) in [5, 5.41) is 3.23. The van der Waals surface area contributed by atoms with E-state index >= 15 is 0 Å². The van der Waals surface area contributed by atoms with E-state index in [4.69, 9.17) is 0 Å². The second kappa shape index (κ2) is 8.54. The van der Waals surface area contributed by atoms with Gasteiger partial charge in [0.15, 0.2) is 0 Å². The van der Waals surface area contributed by atoms with Gasteiger partial charge in [-0.3, -0.25) is 9.69 Å². The Morgan fingerprint density at radius 2 is 1.88 bits per heavy atom. The summed E-state index contributed by atoms with van der Waals surface area (Å²) in [5.74, 6) is -1.97. The molecule has 0 aliphatic carbocycles. The number of nitrogens with zero attached hydrogens (tertiary/aromatic N) is 1. The number of fused-ring (bicyclic) bond motifs is 1. The Morgan fingerprint density at radius 1 is 1.16 bits per heavy atom. The molecule has 2 aromatic carbocycles. The summed E-state index contributed by atoms with van der Waals surface area (Å²) in [6, 6.07) is 10.0. The molecule has 0 spiro atoms. The minimum Gasteiger partial charge on any atom is -0.351 e. The number of nitrogens with one attached hydrogen (secondary N) is 2. The van der Waals surface area contributed by atoms with Crippen molar-refractivity contribution in [3.05, 3.63) is 65.4 Å².